The number of amides is 1. The van der Waals surface area contributed by atoms with Crippen molar-refractivity contribution >= 4 is 23.4 Å². The summed E-state index contributed by atoms with van der Waals surface area (Å²) in [7, 11) is 0. The fraction of sp³-hybridized carbons (Fsp3) is 0.167. The Kier molecular flexibility index (Phi) is 4.25. The Bertz CT molecular complexity index is 497. The number of nitrogen functional groups attached to an aromatic ring is 1. The van der Waals surface area contributed by atoms with Crippen LogP contribution in [0, 0.1) is 0 Å². The van der Waals surface area contributed by atoms with Gasteiger partial charge in [0.2, 0.25) is 5.91 Å². The first-order valence-corrected chi connectivity index (χ1v) is 6.36. The summed E-state index contributed by atoms with van der Waals surface area (Å²) in [6.45, 7) is 0.404. The molecule has 0 atom stereocenters. The molecule has 0 aliphatic heterocycles. The number of nitrogens with two attached hydrogens (primary N) is 1. The molecule has 94 valence electrons. The third-order valence-electron chi connectivity index (χ3n) is 2.15. The number of rotatable bonds is 5. The van der Waals surface area contributed by atoms with Crippen LogP contribution in [0.5, 0.6) is 0 Å². The summed E-state index contributed by atoms with van der Waals surface area (Å²) in [5.41, 5.74) is 6.14. The first kappa shape index (κ1) is 12.5. The predicted molar refractivity (Wildman–Crippen MR) is 69.9 cm³/mol. The van der Waals surface area contributed by atoms with Crippen LogP contribution in [0.4, 0.5) is 5.69 Å². The van der Waals surface area contributed by atoms with Crippen LogP contribution in [0.3, 0.4) is 0 Å². The number of pyridine rings is 1. The highest BCUT2D eigenvalue weighted by Gasteiger charge is 2.04. The minimum absolute atomic E-state index is 0.0602. The van der Waals surface area contributed by atoms with Gasteiger partial charge >= 0.3 is 0 Å². The van der Waals surface area contributed by atoms with Crippen LogP contribution >= 0.6 is 11.8 Å². The molecule has 0 aliphatic carbocycles. The number of aromatic nitrogens is 1. The quantitative estimate of drug-likeness (QED) is 0.802. The number of nitrogens with zero attached hydrogens (tertiary/aromatic N) is 1. The third kappa shape index (κ3) is 3.81. The molecule has 0 spiro atoms. The molecule has 0 bridgehead atoms. The lowest BCUT2D eigenvalue weighted by Gasteiger charge is -2.03. The van der Waals surface area contributed by atoms with Gasteiger partial charge in [0.15, 0.2) is 0 Å². The molecule has 0 aliphatic rings. The van der Waals surface area contributed by atoms with Gasteiger partial charge in [0.05, 0.1) is 35.5 Å². The molecule has 2 heterocycles. The second-order valence-corrected chi connectivity index (χ2v) is 4.57. The minimum atomic E-state index is -0.0602. The molecule has 1 amide bonds. The lowest BCUT2D eigenvalue weighted by molar-refractivity contribution is -0.118. The molecule has 2 aromatic rings. The molecular weight excluding hydrogens is 250 g/mol. The highest BCUT2D eigenvalue weighted by atomic mass is 32.2. The zero-order valence-electron chi connectivity index (χ0n) is 9.63. The third-order valence-corrected chi connectivity index (χ3v) is 3.09. The molecule has 0 radical (unpaired) electrons. The van der Waals surface area contributed by atoms with Crippen LogP contribution in [0.1, 0.15) is 5.76 Å². The SMILES string of the molecule is Nc1ccc(SCC(=O)NCc2ccco2)nc1. The van der Waals surface area contributed by atoms with Gasteiger partial charge < -0.3 is 15.5 Å². The normalized spacial score (nSPS) is 10.2. The maximum absolute atomic E-state index is 11.6. The average molecular weight is 263 g/mol. The summed E-state index contributed by atoms with van der Waals surface area (Å²) in [5.74, 6) is 0.992. The van der Waals surface area contributed by atoms with Gasteiger partial charge in [0.25, 0.3) is 0 Å². The lowest BCUT2D eigenvalue weighted by Crippen LogP contribution is -2.24. The summed E-state index contributed by atoms with van der Waals surface area (Å²) in [5, 5.41) is 3.54. The highest BCUT2D eigenvalue weighted by molar-refractivity contribution is 7.99. The van der Waals surface area contributed by atoms with Crippen molar-refractivity contribution < 1.29 is 9.21 Å². The van der Waals surface area contributed by atoms with Gasteiger partial charge in [-0.1, -0.05) is 11.8 Å². The maximum Gasteiger partial charge on any atom is 0.230 e. The molecule has 0 unspecified atom stereocenters. The molecule has 2 aromatic heterocycles. The summed E-state index contributed by atoms with van der Waals surface area (Å²) >= 11 is 1.37. The smallest absolute Gasteiger partial charge is 0.230 e. The van der Waals surface area contributed by atoms with E-state index in [0.717, 1.165) is 10.8 Å². The summed E-state index contributed by atoms with van der Waals surface area (Å²) in [6, 6.07) is 7.15. The van der Waals surface area contributed by atoms with E-state index in [1.54, 1.807) is 30.7 Å². The first-order chi connectivity index (χ1) is 8.74. The van der Waals surface area contributed by atoms with E-state index >= 15 is 0 Å². The number of hydrogen-bond donors (Lipinski definition) is 2. The molecule has 3 N–H and O–H groups in total. The lowest BCUT2D eigenvalue weighted by atomic mass is 10.4. The average Bonchev–Trinajstić information content (AvgIpc) is 2.89. The second-order valence-electron chi connectivity index (χ2n) is 3.57. The van der Waals surface area contributed by atoms with E-state index in [4.69, 9.17) is 10.2 Å². The van der Waals surface area contributed by atoms with Gasteiger partial charge in [0, 0.05) is 0 Å². The van der Waals surface area contributed by atoms with Crippen molar-refractivity contribution in [1.29, 1.82) is 0 Å². The predicted octanol–water partition coefficient (Wildman–Crippen LogP) is 1.67. The molecule has 0 saturated heterocycles. The Morgan fingerprint density at radius 1 is 1.44 bits per heavy atom. The van der Waals surface area contributed by atoms with Gasteiger partial charge in [0.1, 0.15) is 5.76 Å². The van der Waals surface area contributed by atoms with Gasteiger partial charge in [-0.2, -0.15) is 0 Å². The fourth-order valence-corrected chi connectivity index (χ4v) is 1.94. The van der Waals surface area contributed by atoms with E-state index in [-0.39, 0.29) is 5.91 Å². The molecule has 18 heavy (non-hydrogen) atoms. The Morgan fingerprint density at radius 3 is 3.00 bits per heavy atom. The first-order valence-electron chi connectivity index (χ1n) is 5.37. The van der Waals surface area contributed by atoms with Crippen molar-refractivity contribution in [2.24, 2.45) is 0 Å². The van der Waals surface area contributed by atoms with Crippen molar-refractivity contribution in [3.8, 4) is 0 Å². The monoisotopic (exact) mass is 263 g/mol. The van der Waals surface area contributed by atoms with Gasteiger partial charge in [-0.25, -0.2) is 4.98 Å². The Morgan fingerprint density at radius 2 is 2.33 bits per heavy atom. The molecule has 5 nitrogen and oxygen atoms in total. The van der Waals surface area contributed by atoms with Gasteiger partial charge in [-0.3, -0.25) is 4.79 Å². The zero-order chi connectivity index (χ0) is 12.8. The highest BCUT2D eigenvalue weighted by Crippen LogP contribution is 2.15. The molecular formula is C12H13N3O2S. The van der Waals surface area contributed by atoms with Crippen molar-refractivity contribution in [3.63, 3.8) is 0 Å². The minimum Gasteiger partial charge on any atom is -0.467 e. The van der Waals surface area contributed by atoms with Gasteiger partial charge in [-0.15, -0.1) is 0 Å². The number of hydrogen-bond acceptors (Lipinski definition) is 5. The van der Waals surface area contributed by atoms with E-state index in [1.165, 1.54) is 11.8 Å². The van der Waals surface area contributed by atoms with E-state index in [0.29, 0.717) is 18.0 Å². The van der Waals surface area contributed by atoms with Crippen LogP contribution in [0.15, 0.2) is 46.2 Å². The van der Waals surface area contributed by atoms with Crippen molar-refractivity contribution in [3.05, 3.63) is 42.5 Å². The van der Waals surface area contributed by atoms with Crippen LogP contribution in [0.2, 0.25) is 0 Å². The maximum atomic E-state index is 11.6. The van der Waals surface area contributed by atoms with Gasteiger partial charge in [-0.05, 0) is 24.3 Å². The van der Waals surface area contributed by atoms with Crippen molar-refractivity contribution in [1.82, 2.24) is 10.3 Å². The number of nitrogens with one attached hydrogen (secondary N) is 1. The molecule has 0 aromatic carbocycles. The van der Waals surface area contributed by atoms with E-state index in [1.807, 2.05) is 6.07 Å². The standard InChI is InChI=1S/C12H13N3O2S/c13-9-3-4-12(15-6-9)18-8-11(16)14-7-10-2-1-5-17-10/h1-6H,7-8,13H2,(H,14,16). The molecule has 2 rings (SSSR count). The largest absolute Gasteiger partial charge is 0.467 e. The summed E-state index contributed by atoms with van der Waals surface area (Å²) in [4.78, 5) is 15.7. The summed E-state index contributed by atoms with van der Waals surface area (Å²) in [6.07, 6.45) is 3.15. The number of carbonyl (C=O) groups excluding carboxylic acids is 1. The number of furan rings is 1. The van der Waals surface area contributed by atoms with E-state index in [9.17, 15) is 4.79 Å². The molecule has 0 saturated carbocycles. The Labute approximate surface area is 109 Å². The number of anilines is 1. The number of thioether (sulfide) groups is 1. The van der Waals surface area contributed by atoms with Crippen LogP contribution in [-0.4, -0.2) is 16.6 Å². The van der Waals surface area contributed by atoms with Crippen LogP contribution in [-0.2, 0) is 11.3 Å². The Hall–Kier alpha value is -1.95. The topological polar surface area (TPSA) is 81.2 Å². The van der Waals surface area contributed by atoms with E-state index < -0.39 is 0 Å². The van der Waals surface area contributed by atoms with Crippen LogP contribution in [0.25, 0.3) is 0 Å². The molecule has 0 fully saturated rings. The van der Waals surface area contributed by atoms with Crippen molar-refractivity contribution in [2.45, 2.75) is 11.6 Å². The number of carbonyl (C=O) groups is 1. The molecule has 6 heteroatoms. The van der Waals surface area contributed by atoms with Crippen molar-refractivity contribution in [2.75, 3.05) is 11.5 Å². The zero-order valence-corrected chi connectivity index (χ0v) is 10.4. The van der Waals surface area contributed by atoms with Crippen LogP contribution < -0.4 is 11.1 Å². The Balaban J connectivity index is 1.73. The fourth-order valence-electron chi connectivity index (χ4n) is 1.27. The van der Waals surface area contributed by atoms with E-state index in [2.05, 4.69) is 10.3 Å². The second kappa shape index (κ2) is 6.11. The summed E-state index contributed by atoms with van der Waals surface area (Å²) < 4.78 is 5.11.